The number of benzene rings is 3. The molecule has 6 rings (SSSR count). The third kappa shape index (κ3) is 10.8. The van der Waals surface area contributed by atoms with Crippen molar-refractivity contribution in [2.75, 3.05) is 55.7 Å². The quantitative estimate of drug-likeness (QED) is 0.0869. The van der Waals surface area contributed by atoms with Crippen LogP contribution in [0.1, 0.15) is 70.6 Å². The van der Waals surface area contributed by atoms with Crippen LogP contribution in [0.3, 0.4) is 0 Å². The third-order valence-corrected chi connectivity index (χ3v) is 12.3. The summed E-state index contributed by atoms with van der Waals surface area (Å²) in [6.45, 7) is 1.83. The van der Waals surface area contributed by atoms with Gasteiger partial charge in [-0.1, -0.05) is 0 Å². The average Bonchev–Trinajstić information content (AvgIpc) is 3.30. The number of carbonyl (C=O) groups excluding carboxylic acids is 5. The summed E-state index contributed by atoms with van der Waals surface area (Å²) in [5, 5.41) is 0. The first kappa shape index (κ1) is 47.7. The number of esters is 5. The highest BCUT2D eigenvalue weighted by atomic mass is 16.7. The van der Waals surface area contributed by atoms with Crippen LogP contribution in [-0.2, 0) is 52.2 Å². The molecule has 3 aliphatic carbocycles. The molecule has 0 saturated heterocycles. The van der Waals surface area contributed by atoms with Crippen LogP contribution in [0, 0.1) is 23.2 Å². The molecule has 0 amide bonds. The topological polar surface area (TPSA) is 196 Å². The molecule has 3 saturated carbocycles. The van der Waals surface area contributed by atoms with E-state index in [1.54, 1.807) is 72.8 Å². The molecular formula is C47H56O17. The second-order valence-corrected chi connectivity index (χ2v) is 16.0. The fourth-order valence-corrected chi connectivity index (χ4v) is 9.69. The first-order valence-electron chi connectivity index (χ1n) is 20.9. The molecule has 3 aromatic rings. The van der Waals surface area contributed by atoms with Crippen LogP contribution in [0.2, 0.25) is 0 Å². The van der Waals surface area contributed by atoms with Gasteiger partial charge >= 0.3 is 29.8 Å². The lowest BCUT2D eigenvalue weighted by atomic mass is 9.47. The van der Waals surface area contributed by atoms with E-state index in [0.717, 1.165) is 0 Å². The molecule has 3 aromatic carbocycles. The number of hydrogen-bond donors (Lipinski definition) is 0. The van der Waals surface area contributed by atoms with E-state index in [1.807, 2.05) is 0 Å². The summed E-state index contributed by atoms with van der Waals surface area (Å²) in [7, 11) is 7.45. The number of hydrogen-bond acceptors (Lipinski definition) is 17. The number of methoxy groups -OCH3 is 5. The van der Waals surface area contributed by atoms with Gasteiger partial charge in [-0.15, -0.1) is 0 Å². The zero-order valence-corrected chi connectivity index (χ0v) is 37.0. The van der Waals surface area contributed by atoms with Crippen molar-refractivity contribution in [2.24, 2.45) is 23.2 Å². The van der Waals surface area contributed by atoms with Crippen LogP contribution in [0.15, 0.2) is 72.8 Å². The van der Waals surface area contributed by atoms with Crippen molar-refractivity contribution in [1.29, 1.82) is 0 Å². The Balaban J connectivity index is 1.48. The van der Waals surface area contributed by atoms with Crippen molar-refractivity contribution < 1.29 is 80.8 Å². The van der Waals surface area contributed by atoms with E-state index in [9.17, 15) is 24.0 Å². The van der Waals surface area contributed by atoms with Crippen molar-refractivity contribution in [1.82, 2.24) is 0 Å². The van der Waals surface area contributed by atoms with Crippen LogP contribution in [0.5, 0.6) is 17.2 Å². The molecule has 0 spiro atoms. The Kier molecular flexibility index (Phi) is 16.2. The fourth-order valence-electron chi connectivity index (χ4n) is 9.69. The molecule has 17 nitrogen and oxygen atoms in total. The van der Waals surface area contributed by atoms with Gasteiger partial charge in [0.15, 0.2) is 0 Å². The summed E-state index contributed by atoms with van der Waals surface area (Å²) in [6, 6.07) is 19.1. The zero-order valence-electron chi connectivity index (χ0n) is 37.0. The number of ether oxygens (including phenoxy) is 12. The molecule has 0 bridgehead atoms. The second-order valence-electron chi connectivity index (χ2n) is 16.0. The SMILES string of the molecule is COCO[C@@H]1C[C@@H](OCOC)[C@@H](OC(=O)c2ccc(OC)cc2)[C@]2(COC(=O)c3ccc(OC)cc3)CC[C@H]3[C@H](OC(C)=O)[C@H](OC(=O)c4ccc(OC)cc4)C[C@@H](OC(C)=O)[C@H]3[C@H]12. The van der Waals surface area contributed by atoms with E-state index in [0.29, 0.717) is 17.2 Å². The first-order valence-corrected chi connectivity index (χ1v) is 20.9. The average molecular weight is 893 g/mol. The lowest BCUT2D eigenvalue weighted by Gasteiger charge is -2.62. The Morgan fingerprint density at radius 2 is 1.02 bits per heavy atom. The van der Waals surface area contributed by atoms with E-state index in [1.165, 1.54) is 49.4 Å². The normalized spacial score (nSPS) is 27.1. The molecule has 346 valence electrons. The summed E-state index contributed by atoms with van der Waals surface area (Å²) < 4.78 is 70.6. The van der Waals surface area contributed by atoms with Crippen LogP contribution >= 0.6 is 0 Å². The fraction of sp³-hybridized carbons (Fsp3) is 0.511. The maximum absolute atomic E-state index is 14.3. The molecule has 0 N–H and O–H groups in total. The Bertz CT molecular complexity index is 2050. The van der Waals surface area contributed by atoms with Gasteiger partial charge < -0.3 is 56.8 Å². The molecule has 64 heavy (non-hydrogen) atoms. The predicted octanol–water partition coefficient (Wildman–Crippen LogP) is 5.60. The molecule has 3 fully saturated rings. The Hall–Kier alpha value is -5.75. The maximum atomic E-state index is 14.3. The molecule has 0 aromatic heterocycles. The highest BCUT2D eigenvalue weighted by molar-refractivity contribution is 5.91. The largest absolute Gasteiger partial charge is 0.497 e. The summed E-state index contributed by atoms with van der Waals surface area (Å²) in [4.78, 5) is 68.0. The minimum Gasteiger partial charge on any atom is -0.497 e. The van der Waals surface area contributed by atoms with E-state index in [4.69, 9.17) is 56.8 Å². The van der Waals surface area contributed by atoms with Gasteiger partial charge in [0.2, 0.25) is 0 Å². The standard InChI is InChI=1S/C47H56O17/c1-27(48)61-36-22-38(63-45(51)30-10-16-33(56-6)17-11-30)42(62-28(2)49)35-20-21-47(24-58-44(50)29-8-14-32(55-5)15-9-29)41(40(35)36)37(59-25-53-3)23-39(60-26-54-4)43(47)64-46(52)31-12-18-34(57-7)19-13-31/h8-19,35-43H,20-26H2,1-7H3/t35-,36-,37-,38-,39-,40+,41+,42+,43-,47+/m1/s1. The van der Waals surface area contributed by atoms with Gasteiger partial charge in [-0.25, -0.2) is 14.4 Å². The molecular weight excluding hydrogens is 836 g/mol. The summed E-state index contributed by atoms with van der Waals surface area (Å²) >= 11 is 0. The van der Waals surface area contributed by atoms with Gasteiger partial charge in [0.25, 0.3) is 0 Å². The minimum absolute atomic E-state index is 0.0876. The van der Waals surface area contributed by atoms with Gasteiger partial charge in [0.1, 0.15) is 68.0 Å². The lowest BCUT2D eigenvalue weighted by molar-refractivity contribution is -0.281. The summed E-state index contributed by atoms with van der Waals surface area (Å²) in [5.41, 5.74) is -0.659. The number of rotatable bonds is 18. The van der Waals surface area contributed by atoms with Crippen LogP contribution in [-0.4, -0.2) is 122 Å². The van der Waals surface area contributed by atoms with Crippen LogP contribution in [0.25, 0.3) is 0 Å². The van der Waals surface area contributed by atoms with Gasteiger partial charge in [0, 0.05) is 64.1 Å². The molecule has 3 aliphatic rings. The van der Waals surface area contributed by atoms with Crippen LogP contribution in [0.4, 0.5) is 0 Å². The van der Waals surface area contributed by atoms with Gasteiger partial charge in [0.05, 0.1) is 44.1 Å². The lowest BCUT2D eigenvalue weighted by Crippen LogP contribution is -2.70. The van der Waals surface area contributed by atoms with E-state index in [2.05, 4.69) is 0 Å². The number of carbonyl (C=O) groups is 5. The molecule has 0 heterocycles. The van der Waals surface area contributed by atoms with Crippen molar-refractivity contribution in [3.05, 3.63) is 89.5 Å². The number of fused-ring (bicyclic) bond motifs is 3. The molecule has 0 radical (unpaired) electrons. The molecule has 0 unspecified atom stereocenters. The Morgan fingerprint density at radius 3 is 1.50 bits per heavy atom. The Morgan fingerprint density at radius 1 is 0.547 bits per heavy atom. The molecule has 10 atom stereocenters. The van der Waals surface area contributed by atoms with Crippen molar-refractivity contribution in [3.8, 4) is 17.2 Å². The van der Waals surface area contributed by atoms with E-state index in [-0.39, 0.29) is 62.6 Å². The summed E-state index contributed by atoms with van der Waals surface area (Å²) in [5.74, 6) is -3.85. The van der Waals surface area contributed by atoms with Crippen LogP contribution < -0.4 is 14.2 Å². The van der Waals surface area contributed by atoms with Gasteiger partial charge in [-0.05, 0) is 85.6 Å². The van der Waals surface area contributed by atoms with E-state index < -0.39 is 89.6 Å². The summed E-state index contributed by atoms with van der Waals surface area (Å²) in [6.07, 6.45) is -5.48. The minimum atomic E-state index is -1.33. The predicted molar refractivity (Wildman–Crippen MR) is 224 cm³/mol. The molecule has 0 aliphatic heterocycles. The van der Waals surface area contributed by atoms with Crippen molar-refractivity contribution >= 4 is 29.8 Å². The first-order chi connectivity index (χ1) is 30.9. The highest BCUT2D eigenvalue weighted by Crippen LogP contribution is 2.61. The smallest absolute Gasteiger partial charge is 0.338 e. The second kappa shape index (κ2) is 21.8. The zero-order chi connectivity index (χ0) is 46.0. The van der Waals surface area contributed by atoms with Gasteiger partial charge in [-0.2, -0.15) is 0 Å². The third-order valence-electron chi connectivity index (χ3n) is 12.3. The van der Waals surface area contributed by atoms with Gasteiger partial charge in [-0.3, -0.25) is 9.59 Å². The monoisotopic (exact) mass is 892 g/mol. The molecule has 17 heteroatoms. The maximum Gasteiger partial charge on any atom is 0.338 e. The highest BCUT2D eigenvalue weighted by Gasteiger charge is 2.68. The van der Waals surface area contributed by atoms with Crippen molar-refractivity contribution in [3.63, 3.8) is 0 Å². The Labute approximate surface area is 371 Å². The van der Waals surface area contributed by atoms with E-state index >= 15 is 0 Å². The van der Waals surface area contributed by atoms with Crippen molar-refractivity contribution in [2.45, 2.75) is 76.2 Å².